The third-order valence-corrected chi connectivity index (χ3v) is 7.16. The summed E-state index contributed by atoms with van der Waals surface area (Å²) in [6.07, 6.45) is 1.94. The van der Waals surface area contributed by atoms with Gasteiger partial charge >= 0.3 is 0 Å². The van der Waals surface area contributed by atoms with Crippen molar-refractivity contribution in [2.45, 2.75) is 25.4 Å². The number of carbonyl (C=O) groups is 1. The molecule has 0 aliphatic carbocycles. The van der Waals surface area contributed by atoms with Crippen molar-refractivity contribution >= 4 is 44.9 Å². The second-order valence-corrected chi connectivity index (χ2v) is 10.1. The molecule has 188 valence electrons. The summed E-state index contributed by atoms with van der Waals surface area (Å²) in [4.78, 5) is 19.3. The highest BCUT2D eigenvalue weighted by atomic mass is 79.9. The van der Waals surface area contributed by atoms with Crippen molar-refractivity contribution in [2.75, 3.05) is 11.9 Å². The highest BCUT2D eigenvalue weighted by Crippen LogP contribution is 2.41. The number of hydrogen-bond donors (Lipinski definition) is 2. The first-order chi connectivity index (χ1) is 17.9. The molecule has 0 unspecified atom stereocenters. The van der Waals surface area contributed by atoms with E-state index in [1.54, 1.807) is 24.4 Å². The smallest absolute Gasteiger partial charge is 0.226 e. The zero-order chi connectivity index (χ0) is 25.9. The van der Waals surface area contributed by atoms with E-state index in [4.69, 9.17) is 16.6 Å². The van der Waals surface area contributed by atoms with Crippen molar-refractivity contribution in [1.82, 2.24) is 15.2 Å². The molecule has 6 nitrogen and oxygen atoms in total. The number of aromatic nitrogens is 1. The third kappa shape index (κ3) is 5.42. The van der Waals surface area contributed by atoms with Crippen LogP contribution in [0, 0.1) is 12.7 Å². The van der Waals surface area contributed by atoms with Crippen molar-refractivity contribution in [2.24, 2.45) is 0 Å². The topological polar surface area (TPSA) is 70.4 Å². The molecule has 4 aromatic rings. The maximum Gasteiger partial charge on any atom is 0.226 e. The van der Waals surface area contributed by atoms with Crippen LogP contribution in [-0.2, 0) is 4.79 Å². The summed E-state index contributed by atoms with van der Waals surface area (Å²) in [7, 11) is 0. The second kappa shape index (κ2) is 10.8. The van der Waals surface area contributed by atoms with Crippen LogP contribution in [0.3, 0.4) is 0 Å². The van der Waals surface area contributed by atoms with Crippen LogP contribution in [-0.4, -0.2) is 27.4 Å². The molecule has 1 aliphatic rings. The average Bonchev–Trinajstić information content (AvgIpc) is 3.49. The summed E-state index contributed by atoms with van der Waals surface area (Å²) < 4.78 is 21.5. The zero-order valence-electron chi connectivity index (χ0n) is 19.9. The number of furan rings is 1. The van der Waals surface area contributed by atoms with Gasteiger partial charge in [-0.05, 0) is 73.2 Å². The van der Waals surface area contributed by atoms with Gasteiger partial charge < -0.3 is 20.0 Å². The fourth-order valence-corrected chi connectivity index (χ4v) is 5.11. The molecule has 37 heavy (non-hydrogen) atoms. The lowest BCUT2D eigenvalue weighted by Gasteiger charge is -2.26. The summed E-state index contributed by atoms with van der Waals surface area (Å²) in [5.74, 6) is 0.505. The molecular weight excluding hydrogens is 555 g/mol. The predicted molar refractivity (Wildman–Crippen MR) is 148 cm³/mol. The summed E-state index contributed by atoms with van der Waals surface area (Å²) in [5, 5.41) is 6.81. The molecule has 0 radical (unpaired) electrons. The Kier molecular flexibility index (Phi) is 7.34. The Labute approximate surface area is 228 Å². The Hall–Kier alpha value is -3.56. The van der Waals surface area contributed by atoms with Gasteiger partial charge in [0, 0.05) is 29.3 Å². The first-order valence-electron chi connectivity index (χ1n) is 11.8. The number of thiocarbonyl (C=S) groups is 1. The number of anilines is 1. The molecule has 0 bridgehead atoms. The zero-order valence-corrected chi connectivity index (χ0v) is 22.4. The normalized spacial score (nSPS) is 17.1. The molecule has 1 saturated heterocycles. The van der Waals surface area contributed by atoms with E-state index in [1.807, 2.05) is 60.4 Å². The third-order valence-electron chi connectivity index (χ3n) is 6.31. The monoisotopic (exact) mass is 578 g/mol. The second-order valence-electron chi connectivity index (χ2n) is 8.76. The standard InChI is InChI=1S/C28H24BrFN4O2S/c1-17-6-2-3-7-21(17)32-25(35)13-15-34-27(26(33-28(34)37)22-8-4-5-14-31-22)24-12-11-23(36-24)19-10-9-18(29)16-20(19)30/h2-12,14,16,26-27H,13,15H2,1H3,(H,32,35)(H,33,37)/t26-,27-/m1/s1. The van der Waals surface area contributed by atoms with Crippen molar-refractivity contribution in [1.29, 1.82) is 0 Å². The van der Waals surface area contributed by atoms with E-state index in [0.717, 1.165) is 16.9 Å². The Balaban J connectivity index is 1.42. The summed E-state index contributed by atoms with van der Waals surface area (Å²) in [5.41, 5.74) is 2.92. The van der Waals surface area contributed by atoms with Gasteiger partial charge in [-0.25, -0.2) is 4.39 Å². The number of para-hydroxylation sites is 1. The van der Waals surface area contributed by atoms with Crippen molar-refractivity contribution in [3.63, 3.8) is 0 Å². The van der Waals surface area contributed by atoms with Crippen LogP contribution in [0.25, 0.3) is 11.3 Å². The predicted octanol–water partition coefficient (Wildman–Crippen LogP) is 6.55. The number of nitrogens with zero attached hydrogens (tertiary/aromatic N) is 2. The van der Waals surface area contributed by atoms with Gasteiger partial charge in [-0.2, -0.15) is 0 Å². The van der Waals surface area contributed by atoms with E-state index in [9.17, 15) is 9.18 Å². The Bertz CT molecular complexity index is 1450. The van der Waals surface area contributed by atoms with Crippen LogP contribution in [0.5, 0.6) is 0 Å². The number of aryl methyl sites for hydroxylation is 1. The summed E-state index contributed by atoms with van der Waals surface area (Å²) in [6.45, 7) is 2.31. The molecule has 2 aromatic heterocycles. The molecule has 1 aliphatic heterocycles. The highest BCUT2D eigenvalue weighted by molar-refractivity contribution is 9.10. The van der Waals surface area contributed by atoms with Crippen LogP contribution >= 0.6 is 28.1 Å². The van der Waals surface area contributed by atoms with Crippen molar-refractivity contribution < 1.29 is 13.6 Å². The number of carbonyl (C=O) groups excluding carboxylic acids is 1. The molecule has 0 spiro atoms. The van der Waals surface area contributed by atoms with E-state index in [0.29, 0.717) is 33.2 Å². The molecule has 2 aromatic carbocycles. The Morgan fingerprint density at radius 2 is 1.97 bits per heavy atom. The molecule has 1 amide bonds. The maximum absolute atomic E-state index is 14.6. The average molecular weight is 579 g/mol. The minimum absolute atomic E-state index is 0.116. The first-order valence-corrected chi connectivity index (χ1v) is 13.0. The van der Waals surface area contributed by atoms with Gasteiger partial charge in [0.05, 0.1) is 17.3 Å². The number of amides is 1. The van der Waals surface area contributed by atoms with Gasteiger partial charge in [-0.3, -0.25) is 9.78 Å². The quantitative estimate of drug-likeness (QED) is 0.242. The molecule has 1 fully saturated rings. The van der Waals surface area contributed by atoms with E-state index in [1.165, 1.54) is 6.07 Å². The molecular formula is C28H24BrFN4O2S. The highest BCUT2D eigenvalue weighted by Gasteiger charge is 2.41. The van der Waals surface area contributed by atoms with Crippen molar-refractivity contribution in [3.8, 4) is 11.3 Å². The lowest BCUT2D eigenvalue weighted by atomic mass is 10.0. The van der Waals surface area contributed by atoms with Crippen LogP contribution in [0.1, 0.15) is 35.5 Å². The Morgan fingerprint density at radius 3 is 2.73 bits per heavy atom. The van der Waals surface area contributed by atoms with Gasteiger partial charge in [0.25, 0.3) is 0 Å². The van der Waals surface area contributed by atoms with Gasteiger partial charge in [0.1, 0.15) is 23.4 Å². The van der Waals surface area contributed by atoms with Crippen LogP contribution in [0.2, 0.25) is 0 Å². The fourth-order valence-electron chi connectivity index (χ4n) is 4.45. The van der Waals surface area contributed by atoms with Gasteiger partial charge in [0.15, 0.2) is 5.11 Å². The Morgan fingerprint density at radius 1 is 1.16 bits per heavy atom. The van der Waals surface area contributed by atoms with Crippen LogP contribution in [0.15, 0.2) is 87.9 Å². The number of rotatable bonds is 7. The lowest BCUT2D eigenvalue weighted by Crippen LogP contribution is -2.32. The molecule has 3 heterocycles. The number of pyridine rings is 1. The number of nitrogens with one attached hydrogen (secondary N) is 2. The van der Waals surface area contributed by atoms with Gasteiger partial charge in [-0.1, -0.05) is 40.2 Å². The minimum atomic E-state index is -0.388. The number of benzene rings is 2. The van der Waals surface area contributed by atoms with E-state index in [2.05, 4.69) is 31.5 Å². The SMILES string of the molecule is Cc1ccccc1NC(=O)CCN1C(=S)N[C@H](c2ccccn2)[C@H]1c1ccc(-c2ccc(Br)cc2F)o1. The van der Waals surface area contributed by atoms with Crippen LogP contribution in [0.4, 0.5) is 10.1 Å². The van der Waals surface area contributed by atoms with E-state index in [-0.39, 0.29) is 30.2 Å². The molecule has 2 atom stereocenters. The van der Waals surface area contributed by atoms with E-state index < -0.39 is 0 Å². The fraction of sp³-hybridized carbons (Fsp3) is 0.179. The lowest BCUT2D eigenvalue weighted by molar-refractivity contribution is -0.116. The molecule has 9 heteroatoms. The number of halogens is 2. The van der Waals surface area contributed by atoms with Gasteiger partial charge in [-0.15, -0.1) is 0 Å². The molecule has 2 N–H and O–H groups in total. The molecule has 0 saturated carbocycles. The first kappa shape index (κ1) is 25.1. The maximum atomic E-state index is 14.6. The van der Waals surface area contributed by atoms with Gasteiger partial charge in [0.2, 0.25) is 5.91 Å². The largest absolute Gasteiger partial charge is 0.459 e. The number of hydrogen-bond acceptors (Lipinski definition) is 4. The summed E-state index contributed by atoms with van der Waals surface area (Å²) >= 11 is 8.97. The van der Waals surface area contributed by atoms with Crippen LogP contribution < -0.4 is 10.6 Å². The van der Waals surface area contributed by atoms with E-state index >= 15 is 0 Å². The van der Waals surface area contributed by atoms with Crippen molar-refractivity contribution in [3.05, 3.63) is 106 Å². The molecule has 5 rings (SSSR count). The minimum Gasteiger partial charge on any atom is -0.459 e. The summed E-state index contributed by atoms with van der Waals surface area (Å²) in [6, 6.07) is 21.1.